The molecule has 0 saturated heterocycles. The van der Waals surface area contributed by atoms with Crippen molar-refractivity contribution in [2.45, 2.75) is 38.7 Å². The van der Waals surface area contributed by atoms with Crippen molar-refractivity contribution in [3.63, 3.8) is 0 Å². The van der Waals surface area contributed by atoms with Gasteiger partial charge in [-0.15, -0.1) is 0 Å². The highest BCUT2D eigenvalue weighted by Gasteiger charge is 2.21. The molecule has 0 bridgehead atoms. The minimum atomic E-state index is 0.295. The summed E-state index contributed by atoms with van der Waals surface area (Å²) in [6, 6.07) is 5.83. The van der Waals surface area contributed by atoms with Crippen LogP contribution in [-0.4, -0.2) is 11.1 Å². The summed E-state index contributed by atoms with van der Waals surface area (Å²) in [6.45, 7) is 2.30. The Morgan fingerprint density at radius 1 is 1.33 bits per heavy atom. The van der Waals surface area contributed by atoms with Crippen molar-refractivity contribution in [1.82, 2.24) is 0 Å². The van der Waals surface area contributed by atoms with Gasteiger partial charge in [0.2, 0.25) is 0 Å². The zero-order chi connectivity index (χ0) is 13.1. The first-order valence-corrected chi connectivity index (χ1v) is 7.53. The maximum atomic E-state index is 6.08. The van der Waals surface area contributed by atoms with Gasteiger partial charge in [0.25, 0.3) is 0 Å². The molecular weight excluding hydrogens is 310 g/mol. The van der Waals surface area contributed by atoms with Crippen molar-refractivity contribution in [3.8, 4) is 5.75 Å². The summed E-state index contributed by atoms with van der Waals surface area (Å²) in [5.74, 6) is 1.62. The number of ether oxygens (including phenoxy) is 1. The van der Waals surface area contributed by atoms with E-state index in [1.807, 2.05) is 18.2 Å². The van der Waals surface area contributed by atoms with Gasteiger partial charge in [0.05, 0.1) is 11.7 Å². The molecule has 2 rings (SSSR count). The van der Waals surface area contributed by atoms with Crippen LogP contribution in [0.5, 0.6) is 5.75 Å². The number of nitrogens with two attached hydrogens (primary N) is 1. The predicted molar refractivity (Wildman–Crippen MR) is 82.1 cm³/mol. The molecule has 0 atom stereocenters. The Bertz CT molecular complexity index is 441. The molecule has 98 valence electrons. The summed E-state index contributed by atoms with van der Waals surface area (Å²) >= 11 is 8.57. The molecule has 2 N–H and O–H groups in total. The second kappa shape index (κ2) is 6.02. The molecule has 0 aromatic heterocycles. The van der Waals surface area contributed by atoms with Gasteiger partial charge in [0.15, 0.2) is 0 Å². The van der Waals surface area contributed by atoms with E-state index < -0.39 is 0 Å². The third-order valence-corrected chi connectivity index (χ3v) is 4.34. The van der Waals surface area contributed by atoms with Crippen LogP contribution in [0.4, 0.5) is 0 Å². The molecule has 1 saturated carbocycles. The Balaban J connectivity index is 2.14. The summed E-state index contributed by atoms with van der Waals surface area (Å²) in [7, 11) is 0. The minimum Gasteiger partial charge on any atom is -0.490 e. The number of hydrogen-bond acceptors (Lipinski definition) is 2. The number of benzene rings is 1. The van der Waals surface area contributed by atoms with E-state index in [-0.39, 0.29) is 0 Å². The van der Waals surface area contributed by atoms with Gasteiger partial charge in [0, 0.05) is 4.47 Å². The quantitative estimate of drug-likeness (QED) is 0.851. The lowest BCUT2D eigenvalue weighted by atomic mass is 9.89. The first-order chi connectivity index (χ1) is 8.58. The van der Waals surface area contributed by atoms with E-state index in [2.05, 4.69) is 22.9 Å². The molecule has 1 aliphatic carbocycles. The smallest absolute Gasteiger partial charge is 0.131 e. The third-order valence-electron chi connectivity index (χ3n) is 3.48. The van der Waals surface area contributed by atoms with Gasteiger partial charge in [-0.3, -0.25) is 0 Å². The molecule has 0 heterocycles. The van der Waals surface area contributed by atoms with Crippen LogP contribution in [0.25, 0.3) is 0 Å². The number of halogens is 1. The van der Waals surface area contributed by atoms with Crippen LogP contribution in [0.15, 0.2) is 22.7 Å². The predicted octanol–water partition coefficient (Wildman–Crippen LogP) is 4.04. The Morgan fingerprint density at radius 2 is 2.00 bits per heavy atom. The zero-order valence-electron chi connectivity index (χ0n) is 10.5. The van der Waals surface area contributed by atoms with Crippen LogP contribution in [0.2, 0.25) is 0 Å². The Kier molecular flexibility index (Phi) is 4.62. The van der Waals surface area contributed by atoms with E-state index in [0.717, 1.165) is 34.5 Å². The Hall–Kier alpha value is -0.610. The fourth-order valence-corrected chi connectivity index (χ4v) is 3.27. The van der Waals surface area contributed by atoms with Crippen molar-refractivity contribution in [1.29, 1.82) is 0 Å². The zero-order valence-corrected chi connectivity index (χ0v) is 12.9. The monoisotopic (exact) mass is 327 g/mol. The molecule has 4 heteroatoms. The highest BCUT2D eigenvalue weighted by Crippen LogP contribution is 2.31. The first-order valence-electron chi connectivity index (χ1n) is 6.33. The van der Waals surface area contributed by atoms with Crippen molar-refractivity contribution in [2.75, 3.05) is 0 Å². The SMILES string of the molecule is CC1CCC(Oc2cccc(Br)c2C(N)=S)CC1. The molecule has 0 spiro atoms. The van der Waals surface area contributed by atoms with Gasteiger partial charge in [-0.2, -0.15) is 0 Å². The van der Waals surface area contributed by atoms with E-state index in [1.54, 1.807) is 0 Å². The fraction of sp³-hybridized carbons (Fsp3) is 0.500. The van der Waals surface area contributed by atoms with E-state index in [1.165, 1.54) is 12.8 Å². The van der Waals surface area contributed by atoms with E-state index >= 15 is 0 Å². The van der Waals surface area contributed by atoms with Crippen LogP contribution < -0.4 is 10.5 Å². The van der Waals surface area contributed by atoms with Gasteiger partial charge < -0.3 is 10.5 Å². The molecule has 0 amide bonds. The molecule has 2 nitrogen and oxygen atoms in total. The summed E-state index contributed by atoms with van der Waals surface area (Å²) in [5.41, 5.74) is 6.58. The largest absolute Gasteiger partial charge is 0.490 e. The van der Waals surface area contributed by atoms with Gasteiger partial charge in [-0.25, -0.2) is 0 Å². The maximum absolute atomic E-state index is 6.08. The molecule has 18 heavy (non-hydrogen) atoms. The minimum absolute atomic E-state index is 0.295. The van der Waals surface area contributed by atoms with E-state index in [4.69, 9.17) is 22.7 Å². The number of thiocarbonyl (C=S) groups is 1. The summed E-state index contributed by atoms with van der Waals surface area (Å²) in [4.78, 5) is 0.377. The van der Waals surface area contributed by atoms with Crippen LogP contribution >= 0.6 is 28.1 Å². The topological polar surface area (TPSA) is 35.2 Å². The highest BCUT2D eigenvalue weighted by molar-refractivity contribution is 9.10. The summed E-state index contributed by atoms with van der Waals surface area (Å²) in [6.07, 6.45) is 5.00. The van der Waals surface area contributed by atoms with Crippen LogP contribution in [0.3, 0.4) is 0 Å². The van der Waals surface area contributed by atoms with Gasteiger partial charge in [-0.1, -0.05) is 25.2 Å². The molecule has 1 aromatic carbocycles. The van der Waals surface area contributed by atoms with Crippen molar-refractivity contribution < 1.29 is 4.74 Å². The summed E-state index contributed by atoms with van der Waals surface area (Å²) < 4.78 is 6.98. The molecular formula is C14H18BrNOS. The summed E-state index contributed by atoms with van der Waals surface area (Å²) in [5, 5.41) is 0. The Labute approximate surface area is 122 Å². The molecule has 0 radical (unpaired) electrons. The molecule has 0 unspecified atom stereocenters. The normalized spacial score (nSPS) is 23.7. The maximum Gasteiger partial charge on any atom is 0.131 e. The second-order valence-corrected chi connectivity index (χ2v) is 6.27. The van der Waals surface area contributed by atoms with Crippen molar-refractivity contribution in [2.24, 2.45) is 11.7 Å². The van der Waals surface area contributed by atoms with E-state index in [9.17, 15) is 0 Å². The average Bonchev–Trinajstić information content (AvgIpc) is 2.32. The second-order valence-electron chi connectivity index (χ2n) is 4.98. The number of rotatable bonds is 3. The van der Waals surface area contributed by atoms with Gasteiger partial charge in [0.1, 0.15) is 10.7 Å². The molecule has 1 aliphatic rings. The number of hydrogen-bond donors (Lipinski definition) is 1. The highest BCUT2D eigenvalue weighted by atomic mass is 79.9. The van der Waals surface area contributed by atoms with Crippen molar-refractivity contribution in [3.05, 3.63) is 28.2 Å². The standard InChI is InChI=1S/C14H18BrNOS/c1-9-5-7-10(8-6-9)17-12-4-2-3-11(15)13(12)14(16)18/h2-4,9-10H,5-8H2,1H3,(H2,16,18). The molecule has 1 fully saturated rings. The Morgan fingerprint density at radius 3 is 2.61 bits per heavy atom. The first kappa shape index (κ1) is 13.8. The van der Waals surface area contributed by atoms with E-state index in [0.29, 0.717) is 11.1 Å². The lowest BCUT2D eigenvalue weighted by Crippen LogP contribution is -2.24. The third kappa shape index (κ3) is 3.23. The lowest BCUT2D eigenvalue weighted by Gasteiger charge is -2.27. The molecule has 1 aromatic rings. The van der Waals surface area contributed by atoms with Gasteiger partial charge in [-0.05, 0) is 59.7 Å². The van der Waals surface area contributed by atoms with Gasteiger partial charge >= 0.3 is 0 Å². The van der Waals surface area contributed by atoms with Crippen LogP contribution in [0.1, 0.15) is 38.2 Å². The molecule has 0 aliphatic heterocycles. The van der Waals surface area contributed by atoms with Crippen LogP contribution in [0, 0.1) is 5.92 Å². The lowest BCUT2D eigenvalue weighted by molar-refractivity contribution is 0.135. The van der Waals surface area contributed by atoms with Crippen LogP contribution in [-0.2, 0) is 0 Å². The van der Waals surface area contributed by atoms with Crippen molar-refractivity contribution >= 4 is 33.1 Å². The average molecular weight is 328 g/mol. The fourth-order valence-electron chi connectivity index (χ4n) is 2.37.